The van der Waals surface area contributed by atoms with E-state index in [1.165, 1.54) is 0 Å². The van der Waals surface area contributed by atoms with Crippen LogP contribution in [0.2, 0.25) is 0 Å². The van der Waals surface area contributed by atoms with Gasteiger partial charge >= 0.3 is 0 Å². The van der Waals surface area contributed by atoms with Gasteiger partial charge in [-0.1, -0.05) is 12.1 Å². The zero-order valence-corrected chi connectivity index (χ0v) is 18.5. The van der Waals surface area contributed by atoms with E-state index in [4.69, 9.17) is 0 Å². The summed E-state index contributed by atoms with van der Waals surface area (Å²) in [7, 11) is 0. The number of likely N-dealkylation sites (N-methyl/N-ethyl adjacent to an activating group) is 1. The second-order valence-electron chi connectivity index (χ2n) is 8.08. The second kappa shape index (κ2) is 9.14. The molecule has 3 aromatic rings. The molecule has 1 aliphatic rings. The maximum atomic E-state index is 13.3. The number of piperidine rings is 1. The number of fused-ring (bicyclic) bond motifs is 1. The summed E-state index contributed by atoms with van der Waals surface area (Å²) in [5, 5.41) is 5.37. The van der Waals surface area contributed by atoms with Crippen molar-refractivity contribution in [1.82, 2.24) is 9.88 Å². The molecule has 158 valence electrons. The van der Waals surface area contributed by atoms with Gasteiger partial charge in [-0.2, -0.15) is 0 Å². The number of amides is 1. The third kappa shape index (κ3) is 4.35. The van der Waals surface area contributed by atoms with Gasteiger partial charge in [0, 0.05) is 18.7 Å². The van der Waals surface area contributed by atoms with Crippen LogP contribution in [-0.2, 0) is 11.3 Å². The van der Waals surface area contributed by atoms with Crippen molar-refractivity contribution in [3.63, 3.8) is 0 Å². The number of hydrogen-bond acceptors (Lipinski definition) is 4. The molecule has 5 nitrogen and oxygen atoms in total. The number of thiophene rings is 1. The molecule has 1 fully saturated rings. The summed E-state index contributed by atoms with van der Waals surface area (Å²) in [5.41, 5.74) is 3.67. The van der Waals surface area contributed by atoms with Crippen molar-refractivity contribution in [3.8, 4) is 0 Å². The molecule has 6 heteroatoms. The zero-order chi connectivity index (χ0) is 21.1. The van der Waals surface area contributed by atoms with Crippen LogP contribution >= 0.6 is 11.3 Å². The van der Waals surface area contributed by atoms with E-state index in [-0.39, 0.29) is 18.2 Å². The first-order valence-electron chi connectivity index (χ1n) is 10.7. The number of Topliss-reactive ketones (excluding diaryl/α,β-unsaturated/α-hetero) is 1. The van der Waals surface area contributed by atoms with Crippen molar-refractivity contribution >= 4 is 38.9 Å². The average Bonchev–Trinajstić information content (AvgIpc) is 3.32. The van der Waals surface area contributed by atoms with Crippen molar-refractivity contribution in [3.05, 3.63) is 53.0 Å². The largest absolute Gasteiger partial charge is 0.328 e. The molecule has 0 saturated carbocycles. The summed E-state index contributed by atoms with van der Waals surface area (Å²) in [4.78, 5) is 28.2. The molecule has 0 spiro atoms. The standard InChI is InChI=1S/C24H29N3O2S/c1-3-26(19-6-4-5-17(2)13-19)24(29)16-27-20-9-12-30-23(20)15-21(27)22(28)14-18-7-10-25-11-8-18/h4-6,9,12-13,15,18,25H,3,7-8,10-11,14,16H2,1-2H3. The summed E-state index contributed by atoms with van der Waals surface area (Å²) in [6, 6.07) is 12.0. The van der Waals surface area contributed by atoms with Crippen LogP contribution in [0, 0.1) is 12.8 Å². The van der Waals surface area contributed by atoms with E-state index >= 15 is 0 Å². The van der Waals surface area contributed by atoms with E-state index in [0.29, 0.717) is 24.6 Å². The van der Waals surface area contributed by atoms with Gasteiger partial charge in [-0.25, -0.2) is 0 Å². The minimum absolute atomic E-state index is 0.00252. The van der Waals surface area contributed by atoms with Gasteiger partial charge in [0.25, 0.3) is 0 Å². The molecule has 0 aliphatic carbocycles. The second-order valence-corrected chi connectivity index (χ2v) is 9.03. The van der Waals surface area contributed by atoms with Gasteiger partial charge in [-0.15, -0.1) is 11.3 Å². The van der Waals surface area contributed by atoms with Gasteiger partial charge in [-0.3, -0.25) is 9.59 Å². The van der Waals surface area contributed by atoms with E-state index in [1.54, 1.807) is 16.2 Å². The zero-order valence-electron chi connectivity index (χ0n) is 17.7. The highest BCUT2D eigenvalue weighted by Gasteiger charge is 2.24. The predicted octanol–water partition coefficient (Wildman–Crippen LogP) is 4.64. The number of aromatic nitrogens is 1. The minimum Gasteiger partial charge on any atom is -0.328 e. The minimum atomic E-state index is 0.00252. The van der Waals surface area contributed by atoms with Crippen LogP contribution in [-0.4, -0.2) is 35.9 Å². The predicted molar refractivity (Wildman–Crippen MR) is 124 cm³/mol. The first kappa shape index (κ1) is 20.8. The van der Waals surface area contributed by atoms with Crippen LogP contribution in [0.25, 0.3) is 10.2 Å². The summed E-state index contributed by atoms with van der Waals surface area (Å²) in [6.45, 7) is 6.74. The molecule has 0 atom stereocenters. The Morgan fingerprint density at radius 3 is 2.73 bits per heavy atom. The number of anilines is 1. The van der Waals surface area contributed by atoms with Crippen LogP contribution in [0.15, 0.2) is 41.8 Å². The van der Waals surface area contributed by atoms with Crippen molar-refractivity contribution in [2.45, 2.75) is 39.7 Å². The molecule has 2 aromatic heterocycles. The summed E-state index contributed by atoms with van der Waals surface area (Å²) in [5.74, 6) is 0.578. The molecule has 3 heterocycles. The summed E-state index contributed by atoms with van der Waals surface area (Å²) in [6.07, 6.45) is 2.63. The number of carbonyl (C=O) groups excluding carboxylic acids is 2. The molecule has 1 aromatic carbocycles. The Kier molecular flexibility index (Phi) is 6.35. The Morgan fingerprint density at radius 1 is 1.20 bits per heavy atom. The molecule has 1 aliphatic heterocycles. The van der Waals surface area contributed by atoms with E-state index in [1.807, 2.05) is 60.2 Å². The lowest BCUT2D eigenvalue weighted by atomic mass is 9.92. The smallest absolute Gasteiger partial charge is 0.246 e. The number of aryl methyl sites for hydroxylation is 1. The number of benzene rings is 1. The van der Waals surface area contributed by atoms with Gasteiger partial charge in [0.15, 0.2) is 5.78 Å². The number of hydrogen-bond donors (Lipinski definition) is 1. The van der Waals surface area contributed by atoms with Crippen molar-refractivity contribution < 1.29 is 9.59 Å². The maximum Gasteiger partial charge on any atom is 0.246 e. The van der Waals surface area contributed by atoms with Crippen LogP contribution in [0.4, 0.5) is 5.69 Å². The summed E-state index contributed by atoms with van der Waals surface area (Å²) >= 11 is 1.62. The van der Waals surface area contributed by atoms with Crippen molar-refractivity contribution in [1.29, 1.82) is 0 Å². The fourth-order valence-electron chi connectivity index (χ4n) is 4.35. The Morgan fingerprint density at radius 2 is 2.00 bits per heavy atom. The van der Waals surface area contributed by atoms with E-state index in [2.05, 4.69) is 5.32 Å². The van der Waals surface area contributed by atoms with Crippen molar-refractivity contribution in [2.24, 2.45) is 5.92 Å². The highest BCUT2D eigenvalue weighted by atomic mass is 32.1. The number of nitrogens with zero attached hydrogens (tertiary/aromatic N) is 2. The van der Waals surface area contributed by atoms with E-state index in [0.717, 1.165) is 47.4 Å². The van der Waals surface area contributed by atoms with E-state index < -0.39 is 0 Å². The van der Waals surface area contributed by atoms with E-state index in [9.17, 15) is 9.59 Å². The fraction of sp³-hybridized carbons (Fsp3) is 0.417. The Labute approximate surface area is 181 Å². The molecular formula is C24H29N3O2S. The fourth-order valence-corrected chi connectivity index (χ4v) is 5.17. The molecule has 0 unspecified atom stereocenters. The Bertz CT molecular complexity index is 1050. The quantitative estimate of drug-likeness (QED) is 0.564. The van der Waals surface area contributed by atoms with Gasteiger partial charge in [0.2, 0.25) is 5.91 Å². The monoisotopic (exact) mass is 423 g/mol. The molecule has 1 N–H and O–H groups in total. The SMILES string of the molecule is CCN(C(=O)Cn1c(C(=O)CC2CCNCC2)cc2sccc21)c1cccc(C)c1. The van der Waals surface area contributed by atoms with Gasteiger partial charge in [-0.05, 0) is 80.9 Å². The lowest BCUT2D eigenvalue weighted by molar-refractivity contribution is -0.119. The van der Waals surface area contributed by atoms with Crippen LogP contribution < -0.4 is 10.2 Å². The summed E-state index contributed by atoms with van der Waals surface area (Å²) < 4.78 is 2.99. The van der Waals surface area contributed by atoms with Crippen LogP contribution in [0.3, 0.4) is 0 Å². The topological polar surface area (TPSA) is 54.3 Å². The highest BCUT2D eigenvalue weighted by Crippen LogP contribution is 2.28. The molecule has 0 bridgehead atoms. The Hall–Kier alpha value is -2.44. The van der Waals surface area contributed by atoms with Gasteiger partial charge in [0.1, 0.15) is 6.54 Å². The van der Waals surface area contributed by atoms with Crippen LogP contribution in [0.1, 0.15) is 42.2 Å². The molecule has 1 amide bonds. The molecule has 0 radical (unpaired) electrons. The lowest BCUT2D eigenvalue weighted by Gasteiger charge is -2.23. The van der Waals surface area contributed by atoms with Crippen LogP contribution in [0.5, 0.6) is 0 Å². The first-order valence-corrected chi connectivity index (χ1v) is 11.6. The molecule has 4 rings (SSSR count). The lowest BCUT2D eigenvalue weighted by Crippen LogP contribution is -2.34. The van der Waals surface area contributed by atoms with Crippen molar-refractivity contribution in [2.75, 3.05) is 24.5 Å². The number of carbonyl (C=O) groups is 2. The molecular weight excluding hydrogens is 394 g/mol. The highest BCUT2D eigenvalue weighted by molar-refractivity contribution is 7.17. The first-order chi connectivity index (χ1) is 14.6. The third-order valence-electron chi connectivity index (χ3n) is 5.97. The number of ketones is 1. The molecule has 1 saturated heterocycles. The molecule has 30 heavy (non-hydrogen) atoms. The normalized spacial score (nSPS) is 14.9. The third-order valence-corrected chi connectivity index (χ3v) is 6.82. The maximum absolute atomic E-state index is 13.3. The number of nitrogens with one attached hydrogen (secondary N) is 1. The number of rotatable bonds is 7. The van der Waals surface area contributed by atoms with Gasteiger partial charge < -0.3 is 14.8 Å². The average molecular weight is 424 g/mol. The van der Waals surface area contributed by atoms with Gasteiger partial charge in [0.05, 0.1) is 15.9 Å². The Balaban J connectivity index is 1.59.